The summed E-state index contributed by atoms with van der Waals surface area (Å²) < 4.78 is 6.33. The van der Waals surface area contributed by atoms with Gasteiger partial charge in [0.2, 0.25) is 5.91 Å². The third kappa shape index (κ3) is 4.01. The van der Waals surface area contributed by atoms with Crippen molar-refractivity contribution >= 4 is 50.2 Å². The first-order valence-corrected chi connectivity index (χ1v) is 11.0. The summed E-state index contributed by atoms with van der Waals surface area (Å²) >= 11 is 3.42. The van der Waals surface area contributed by atoms with E-state index in [1.165, 1.54) is 6.92 Å². The Morgan fingerprint density at radius 1 is 1.03 bits per heavy atom. The Hall–Kier alpha value is -3.52. The Morgan fingerprint density at radius 2 is 1.81 bits per heavy atom. The van der Waals surface area contributed by atoms with Gasteiger partial charge in [0.1, 0.15) is 5.69 Å². The summed E-state index contributed by atoms with van der Waals surface area (Å²) in [7, 11) is 0. The van der Waals surface area contributed by atoms with Crippen LogP contribution in [0.4, 0.5) is 11.4 Å². The van der Waals surface area contributed by atoms with Gasteiger partial charge in [0, 0.05) is 28.6 Å². The first-order chi connectivity index (χ1) is 15.5. The molecule has 1 saturated carbocycles. The highest BCUT2D eigenvalue weighted by molar-refractivity contribution is 9.10. The fourth-order valence-electron chi connectivity index (χ4n) is 3.64. The second-order valence-corrected chi connectivity index (χ2v) is 8.69. The molecular weight excluding hydrogens is 472 g/mol. The first-order valence-electron chi connectivity index (χ1n) is 10.2. The van der Waals surface area contributed by atoms with E-state index in [-0.39, 0.29) is 11.8 Å². The molecule has 0 atom stereocenters. The van der Waals surface area contributed by atoms with E-state index in [0.717, 1.165) is 28.6 Å². The molecule has 2 aromatic carbocycles. The third-order valence-corrected chi connectivity index (χ3v) is 5.79. The van der Waals surface area contributed by atoms with E-state index in [2.05, 4.69) is 36.7 Å². The van der Waals surface area contributed by atoms with Crippen LogP contribution in [-0.2, 0) is 4.79 Å². The molecular formula is C24H19BrN4O3. The number of nitrogens with zero attached hydrogens (tertiary/aromatic N) is 2. The highest BCUT2D eigenvalue weighted by atomic mass is 79.9. The maximum absolute atomic E-state index is 13.5. The number of nitrogens with one attached hydrogen (secondary N) is 2. The second-order valence-electron chi connectivity index (χ2n) is 7.77. The van der Waals surface area contributed by atoms with Crippen LogP contribution in [0.1, 0.15) is 41.7 Å². The molecule has 0 radical (unpaired) electrons. The van der Waals surface area contributed by atoms with Crippen LogP contribution in [0.3, 0.4) is 0 Å². The average Bonchev–Trinajstić information content (AvgIpc) is 3.54. The number of aromatic nitrogens is 2. The second kappa shape index (κ2) is 8.20. The van der Waals surface area contributed by atoms with Crippen LogP contribution >= 0.6 is 15.9 Å². The van der Waals surface area contributed by atoms with E-state index >= 15 is 0 Å². The number of pyridine rings is 1. The molecule has 0 aliphatic heterocycles. The number of carbonyl (C=O) groups is 2. The molecule has 8 heteroatoms. The molecule has 32 heavy (non-hydrogen) atoms. The van der Waals surface area contributed by atoms with Crippen molar-refractivity contribution in [3.05, 3.63) is 70.3 Å². The van der Waals surface area contributed by atoms with Crippen LogP contribution in [0, 0.1) is 0 Å². The predicted octanol–water partition coefficient (Wildman–Crippen LogP) is 5.74. The summed E-state index contributed by atoms with van der Waals surface area (Å²) in [5.41, 5.74) is 4.00. The predicted molar refractivity (Wildman–Crippen MR) is 126 cm³/mol. The zero-order valence-corrected chi connectivity index (χ0v) is 18.8. The summed E-state index contributed by atoms with van der Waals surface area (Å²) in [5, 5.41) is 10.5. The van der Waals surface area contributed by atoms with Crippen molar-refractivity contribution in [3.8, 4) is 11.3 Å². The van der Waals surface area contributed by atoms with E-state index < -0.39 is 0 Å². The van der Waals surface area contributed by atoms with Crippen LogP contribution in [0.25, 0.3) is 22.4 Å². The Bertz CT molecular complexity index is 1350. The SMILES string of the molecule is CC(=O)Nc1ccc(Br)cc1NC(=O)c1cc(C2CC2)nc2onc(-c3ccccc3)c12. The molecule has 1 aliphatic rings. The van der Waals surface area contributed by atoms with Crippen LogP contribution in [-0.4, -0.2) is 22.0 Å². The van der Waals surface area contributed by atoms with Crippen molar-refractivity contribution in [2.24, 2.45) is 0 Å². The summed E-state index contributed by atoms with van der Waals surface area (Å²) in [5.74, 6) is -0.225. The molecule has 160 valence electrons. The van der Waals surface area contributed by atoms with Gasteiger partial charge in [0.15, 0.2) is 0 Å². The molecule has 2 heterocycles. The van der Waals surface area contributed by atoms with Crippen LogP contribution in [0.5, 0.6) is 0 Å². The summed E-state index contributed by atoms with van der Waals surface area (Å²) in [6.45, 7) is 1.42. The van der Waals surface area contributed by atoms with Crippen LogP contribution < -0.4 is 10.6 Å². The van der Waals surface area contributed by atoms with Crippen molar-refractivity contribution < 1.29 is 14.1 Å². The van der Waals surface area contributed by atoms with Crippen molar-refractivity contribution in [1.29, 1.82) is 0 Å². The van der Waals surface area contributed by atoms with E-state index in [4.69, 9.17) is 4.52 Å². The van der Waals surface area contributed by atoms with Gasteiger partial charge in [-0.1, -0.05) is 51.4 Å². The largest absolute Gasteiger partial charge is 0.335 e. The Balaban J connectivity index is 1.61. The monoisotopic (exact) mass is 490 g/mol. The minimum atomic E-state index is -0.329. The maximum atomic E-state index is 13.5. The molecule has 0 bridgehead atoms. The molecule has 7 nitrogen and oxygen atoms in total. The maximum Gasteiger partial charge on any atom is 0.259 e. The molecule has 0 unspecified atom stereocenters. The van der Waals surface area contributed by atoms with E-state index in [1.54, 1.807) is 18.2 Å². The molecule has 0 saturated heterocycles. The van der Waals surface area contributed by atoms with Gasteiger partial charge in [-0.3, -0.25) is 9.59 Å². The highest BCUT2D eigenvalue weighted by Crippen LogP contribution is 2.41. The van der Waals surface area contributed by atoms with Gasteiger partial charge in [-0.2, -0.15) is 0 Å². The molecule has 2 N–H and O–H groups in total. The Kier molecular flexibility index (Phi) is 5.22. The van der Waals surface area contributed by atoms with Gasteiger partial charge in [-0.05, 0) is 37.1 Å². The van der Waals surface area contributed by atoms with Crippen molar-refractivity contribution in [3.63, 3.8) is 0 Å². The molecule has 0 spiro atoms. The van der Waals surface area contributed by atoms with Gasteiger partial charge >= 0.3 is 0 Å². The number of benzene rings is 2. The number of rotatable bonds is 5. The van der Waals surface area contributed by atoms with Crippen molar-refractivity contribution in [2.75, 3.05) is 10.6 Å². The van der Waals surface area contributed by atoms with Crippen molar-refractivity contribution in [2.45, 2.75) is 25.7 Å². The van der Waals surface area contributed by atoms with Gasteiger partial charge in [-0.25, -0.2) is 4.98 Å². The van der Waals surface area contributed by atoms with Gasteiger partial charge < -0.3 is 15.2 Å². The van der Waals surface area contributed by atoms with E-state index in [0.29, 0.717) is 39.6 Å². The smallest absolute Gasteiger partial charge is 0.259 e. The van der Waals surface area contributed by atoms with E-state index in [1.807, 2.05) is 36.4 Å². The topological polar surface area (TPSA) is 97.1 Å². The van der Waals surface area contributed by atoms with Gasteiger partial charge in [0.05, 0.1) is 22.3 Å². The third-order valence-electron chi connectivity index (χ3n) is 5.29. The Morgan fingerprint density at radius 3 is 2.53 bits per heavy atom. The first kappa shape index (κ1) is 20.4. The molecule has 5 rings (SSSR count). The lowest BCUT2D eigenvalue weighted by Gasteiger charge is -2.13. The van der Waals surface area contributed by atoms with Gasteiger partial charge in [0.25, 0.3) is 11.6 Å². The fraction of sp³-hybridized carbons (Fsp3) is 0.167. The fourth-order valence-corrected chi connectivity index (χ4v) is 4.00. The Labute approximate surface area is 192 Å². The van der Waals surface area contributed by atoms with E-state index in [9.17, 15) is 9.59 Å². The van der Waals surface area contributed by atoms with Crippen LogP contribution in [0.2, 0.25) is 0 Å². The summed E-state index contributed by atoms with van der Waals surface area (Å²) in [4.78, 5) is 29.8. The number of fused-ring (bicyclic) bond motifs is 1. The lowest BCUT2D eigenvalue weighted by molar-refractivity contribution is -0.114. The molecule has 1 aliphatic carbocycles. The minimum absolute atomic E-state index is 0.226. The minimum Gasteiger partial charge on any atom is -0.335 e. The number of hydrogen-bond acceptors (Lipinski definition) is 5. The lowest BCUT2D eigenvalue weighted by Crippen LogP contribution is -2.16. The lowest BCUT2D eigenvalue weighted by atomic mass is 10.0. The number of hydrogen-bond donors (Lipinski definition) is 2. The summed E-state index contributed by atoms with van der Waals surface area (Å²) in [6, 6.07) is 16.7. The molecule has 1 fully saturated rings. The van der Waals surface area contributed by atoms with Gasteiger partial charge in [-0.15, -0.1) is 0 Å². The number of halogens is 1. The number of anilines is 2. The average molecular weight is 491 g/mol. The zero-order valence-electron chi connectivity index (χ0n) is 17.2. The molecule has 4 aromatic rings. The summed E-state index contributed by atoms with van der Waals surface area (Å²) in [6.07, 6.45) is 2.08. The quantitative estimate of drug-likeness (QED) is 0.371. The van der Waals surface area contributed by atoms with Crippen molar-refractivity contribution in [1.82, 2.24) is 10.1 Å². The standard InChI is InChI=1S/C24H19BrN4O3/c1-13(30)26-18-10-9-16(25)11-20(18)27-23(31)17-12-19(14-7-8-14)28-24-21(17)22(29-32-24)15-5-3-2-4-6-15/h2-6,9-12,14H,7-8H2,1H3,(H,26,30)(H,27,31). The normalized spacial score (nSPS) is 13.2. The number of amides is 2. The molecule has 2 amide bonds. The van der Waals surface area contributed by atoms with Crippen LogP contribution in [0.15, 0.2) is 63.6 Å². The highest BCUT2D eigenvalue weighted by Gasteiger charge is 2.29. The number of carbonyl (C=O) groups excluding carboxylic acids is 2. The zero-order chi connectivity index (χ0) is 22.2. The molecule has 2 aromatic heterocycles.